The lowest BCUT2D eigenvalue weighted by Gasteiger charge is -2.13. The van der Waals surface area contributed by atoms with Crippen LogP contribution < -0.4 is 9.47 Å². The molecule has 3 aromatic rings. The normalized spacial score (nSPS) is 12.5. The van der Waals surface area contributed by atoms with Gasteiger partial charge in [-0.25, -0.2) is 0 Å². The fraction of sp³-hybridized carbons (Fsp3) is 0.182. The number of rotatable bonds is 6. The predicted molar refractivity (Wildman–Crippen MR) is 111 cm³/mol. The number of halogens is 1. The molecule has 0 saturated heterocycles. The maximum absolute atomic E-state index is 12.5. The first kappa shape index (κ1) is 19.1. The Balaban J connectivity index is 1.36. The molecule has 4 rings (SSSR count). The number of carbonyl (C=O) groups excluding carboxylic acids is 1. The Morgan fingerprint density at radius 3 is 2.90 bits per heavy atom. The zero-order valence-corrected chi connectivity index (χ0v) is 16.7. The van der Waals surface area contributed by atoms with E-state index in [2.05, 4.69) is 17.2 Å². The van der Waals surface area contributed by atoms with Crippen LogP contribution in [-0.2, 0) is 17.9 Å². The monoisotopic (exact) mass is 409 g/mol. The molecule has 0 saturated carbocycles. The molecular weight excluding hydrogens is 390 g/mol. The van der Waals surface area contributed by atoms with Crippen molar-refractivity contribution in [2.24, 2.45) is 0 Å². The predicted octanol–water partition coefficient (Wildman–Crippen LogP) is 3.99. The van der Waals surface area contributed by atoms with Crippen LogP contribution in [0.15, 0.2) is 60.9 Å². The number of likely N-dealkylation sites (N-methyl/N-ethyl adjacent to an activating group) is 1. The summed E-state index contributed by atoms with van der Waals surface area (Å²) in [5, 5.41) is 4.84. The van der Waals surface area contributed by atoms with Crippen LogP contribution in [0.25, 0.3) is 6.08 Å². The quantitative estimate of drug-likeness (QED) is 0.578. The number of aromatic nitrogens is 2. The fourth-order valence-corrected chi connectivity index (χ4v) is 3.35. The Morgan fingerprint density at radius 1 is 1.24 bits per heavy atom. The van der Waals surface area contributed by atoms with Crippen molar-refractivity contribution in [2.75, 3.05) is 13.8 Å². The number of ether oxygens (including phenoxy) is 2. The highest BCUT2D eigenvalue weighted by molar-refractivity contribution is 6.32. The molecule has 1 aliphatic heterocycles. The molecule has 6 nitrogen and oxygen atoms in total. The minimum Gasteiger partial charge on any atom is -0.454 e. The minimum atomic E-state index is -0.116. The van der Waals surface area contributed by atoms with Crippen LogP contribution in [0.5, 0.6) is 11.5 Å². The van der Waals surface area contributed by atoms with E-state index >= 15 is 0 Å². The molecule has 1 amide bonds. The Morgan fingerprint density at radius 2 is 2.07 bits per heavy atom. The molecule has 1 aromatic heterocycles. The van der Waals surface area contributed by atoms with Crippen LogP contribution >= 0.6 is 11.6 Å². The van der Waals surface area contributed by atoms with E-state index in [0.717, 1.165) is 11.1 Å². The second kappa shape index (κ2) is 8.41. The fourth-order valence-electron chi connectivity index (χ4n) is 3.08. The molecule has 0 bridgehead atoms. The van der Waals surface area contributed by atoms with Crippen LogP contribution in [-0.4, -0.2) is 34.4 Å². The molecule has 2 heterocycles. The van der Waals surface area contributed by atoms with Gasteiger partial charge in [-0.3, -0.25) is 9.48 Å². The van der Waals surface area contributed by atoms with E-state index in [1.807, 2.05) is 29.1 Å². The van der Waals surface area contributed by atoms with Gasteiger partial charge in [0.05, 0.1) is 17.8 Å². The maximum atomic E-state index is 12.5. The maximum Gasteiger partial charge on any atom is 0.246 e. The number of nitrogens with zero attached hydrogens (tertiary/aromatic N) is 3. The van der Waals surface area contributed by atoms with Crippen molar-refractivity contribution in [1.82, 2.24) is 14.7 Å². The number of benzene rings is 2. The number of carbonyl (C=O) groups is 1. The average Bonchev–Trinajstić information content (AvgIpc) is 3.36. The second-order valence-corrected chi connectivity index (χ2v) is 7.20. The SMILES string of the molecule is CN(Cc1cnn(Cc2ccccc2)c1)C(=O)/C=C/c1cc(Cl)c2c(c1)OCO2. The zero-order chi connectivity index (χ0) is 20.2. The summed E-state index contributed by atoms with van der Waals surface area (Å²) in [5.74, 6) is 1.01. The van der Waals surface area contributed by atoms with Crippen LogP contribution in [0.4, 0.5) is 0 Å². The summed E-state index contributed by atoms with van der Waals surface area (Å²) in [5.41, 5.74) is 2.92. The smallest absolute Gasteiger partial charge is 0.246 e. The van der Waals surface area contributed by atoms with Crippen molar-refractivity contribution in [3.8, 4) is 11.5 Å². The largest absolute Gasteiger partial charge is 0.454 e. The van der Waals surface area contributed by atoms with E-state index < -0.39 is 0 Å². The van der Waals surface area contributed by atoms with Gasteiger partial charge in [-0.2, -0.15) is 5.10 Å². The lowest BCUT2D eigenvalue weighted by Crippen LogP contribution is -2.23. The molecule has 29 heavy (non-hydrogen) atoms. The van der Waals surface area contributed by atoms with Crippen LogP contribution in [0.3, 0.4) is 0 Å². The highest BCUT2D eigenvalue weighted by atomic mass is 35.5. The molecule has 0 unspecified atom stereocenters. The van der Waals surface area contributed by atoms with Gasteiger partial charge in [0.15, 0.2) is 11.5 Å². The van der Waals surface area contributed by atoms with Crippen molar-refractivity contribution in [3.05, 3.63) is 82.6 Å². The van der Waals surface area contributed by atoms with Gasteiger partial charge < -0.3 is 14.4 Å². The summed E-state index contributed by atoms with van der Waals surface area (Å²) in [6.07, 6.45) is 6.97. The van der Waals surface area contributed by atoms with Gasteiger partial charge in [0.1, 0.15) is 0 Å². The van der Waals surface area contributed by atoms with Gasteiger partial charge in [-0.15, -0.1) is 0 Å². The number of fused-ring (bicyclic) bond motifs is 1. The van der Waals surface area contributed by atoms with Crippen molar-refractivity contribution in [2.45, 2.75) is 13.1 Å². The van der Waals surface area contributed by atoms with E-state index in [9.17, 15) is 4.79 Å². The lowest BCUT2D eigenvalue weighted by molar-refractivity contribution is -0.125. The highest BCUT2D eigenvalue weighted by Crippen LogP contribution is 2.40. The molecule has 1 aliphatic rings. The van der Waals surface area contributed by atoms with Crippen LogP contribution in [0, 0.1) is 0 Å². The van der Waals surface area contributed by atoms with Gasteiger partial charge in [0.2, 0.25) is 12.7 Å². The Kier molecular flexibility index (Phi) is 5.53. The topological polar surface area (TPSA) is 56.6 Å². The summed E-state index contributed by atoms with van der Waals surface area (Å²) >= 11 is 6.18. The molecule has 0 N–H and O–H groups in total. The summed E-state index contributed by atoms with van der Waals surface area (Å²) in [6, 6.07) is 13.7. The molecule has 7 heteroatoms. The standard InChI is InChI=1S/C22H20ClN3O3/c1-25(12-18-11-24-26(14-18)13-16-5-3-2-4-6-16)21(27)8-7-17-9-19(23)22-20(10-17)28-15-29-22/h2-11,14H,12-13,15H2,1H3/b8-7+. The van der Waals surface area contributed by atoms with Gasteiger partial charge in [-0.1, -0.05) is 41.9 Å². The first-order chi connectivity index (χ1) is 14.1. The van der Waals surface area contributed by atoms with Crippen molar-refractivity contribution in [1.29, 1.82) is 0 Å². The molecule has 0 aliphatic carbocycles. The Hall–Kier alpha value is -3.25. The summed E-state index contributed by atoms with van der Waals surface area (Å²) in [4.78, 5) is 14.1. The third kappa shape index (κ3) is 4.60. The number of hydrogen-bond acceptors (Lipinski definition) is 4. The third-order valence-electron chi connectivity index (χ3n) is 4.54. The highest BCUT2D eigenvalue weighted by Gasteiger charge is 2.17. The summed E-state index contributed by atoms with van der Waals surface area (Å²) in [6.45, 7) is 1.32. The Bertz CT molecular complexity index is 1050. The molecule has 0 radical (unpaired) electrons. The summed E-state index contributed by atoms with van der Waals surface area (Å²) in [7, 11) is 1.76. The number of hydrogen-bond donors (Lipinski definition) is 0. The average molecular weight is 410 g/mol. The molecule has 0 fully saturated rings. The summed E-state index contributed by atoms with van der Waals surface area (Å²) < 4.78 is 12.5. The minimum absolute atomic E-state index is 0.116. The van der Waals surface area contributed by atoms with Gasteiger partial charge in [0.25, 0.3) is 0 Å². The molecular formula is C22H20ClN3O3. The van der Waals surface area contributed by atoms with Crippen LogP contribution in [0.1, 0.15) is 16.7 Å². The van der Waals surface area contributed by atoms with Gasteiger partial charge in [-0.05, 0) is 29.3 Å². The van der Waals surface area contributed by atoms with Crippen molar-refractivity contribution >= 4 is 23.6 Å². The lowest BCUT2D eigenvalue weighted by atomic mass is 10.2. The molecule has 0 spiro atoms. The second-order valence-electron chi connectivity index (χ2n) is 6.80. The third-order valence-corrected chi connectivity index (χ3v) is 4.82. The van der Waals surface area contributed by atoms with E-state index in [1.165, 1.54) is 11.6 Å². The molecule has 2 aromatic carbocycles. The molecule has 148 valence electrons. The first-order valence-corrected chi connectivity index (χ1v) is 9.54. The van der Waals surface area contributed by atoms with E-state index in [1.54, 1.807) is 36.4 Å². The van der Waals surface area contributed by atoms with E-state index in [-0.39, 0.29) is 12.7 Å². The zero-order valence-electron chi connectivity index (χ0n) is 15.9. The van der Waals surface area contributed by atoms with E-state index in [4.69, 9.17) is 21.1 Å². The van der Waals surface area contributed by atoms with Gasteiger partial charge >= 0.3 is 0 Å². The number of amides is 1. The van der Waals surface area contributed by atoms with E-state index in [0.29, 0.717) is 29.6 Å². The van der Waals surface area contributed by atoms with Crippen molar-refractivity contribution in [3.63, 3.8) is 0 Å². The van der Waals surface area contributed by atoms with Crippen molar-refractivity contribution < 1.29 is 14.3 Å². The Labute approximate surface area is 173 Å². The first-order valence-electron chi connectivity index (χ1n) is 9.16. The van der Waals surface area contributed by atoms with Crippen LogP contribution in [0.2, 0.25) is 5.02 Å². The van der Waals surface area contributed by atoms with Gasteiger partial charge in [0, 0.05) is 31.4 Å². The molecule has 0 atom stereocenters.